The van der Waals surface area contributed by atoms with E-state index in [-0.39, 0.29) is 16.8 Å². The first-order valence-corrected chi connectivity index (χ1v) is 5.50. The van der Waals surface area contributed by atoms with Gasteiger partial charge >= 0.3 is 0 Å². The summed E-state index contributed by atoms with van der Waals surface area (Å²) in [5, 5.41) is 2.37. The van der Waals surface area contributed by atoms with Gasteiger partial charge in [-0.1, -0.05) is 0 Å². The number of aromatic nitrogens is 1. The van der Waals surface area contributed by atoms with Crippen LogP contribution in [0.4, 0.5) is 15.8 Å². The van der Waals surface area contributed by atoms with Gasteiger partial charge in [0.2, 0.25) is 0 Å². The average molecular weight is 261 g/mol. The molecular weight excluding hydrogens is 249 g/mol. The third kappa shape index (κ3) is 2.79. The summed E-state index contributed by atoms with van der Waals surface area (Å²) in [6, 6.07) is 6.52. The Morgan fingerprint density at radius 3 is 2.74 bits per heavy atom. The lowest BCUT2D eigenvalue weighted by Crippen LogP contribution is -2.20. The van der Waals surface area contributed by atoms with Crippen LogP contribution < -0.4 is 16.6 Å². The summed E-state index contributed by atoms with van der Waals surface area (Å²) < 4.78 is 14.8. The van der Waals surface area contributed by atoms with E-state index in [1.54, 1.807) is 7.05 Å². The summed E-state index contributed by atoms with van der Waals surface area (Å²) in [7, 11) is 1.57. The molecule has 6 heteroatoms. The van der Waals surface area contributed by atoms with Crippen molar-refractivity contribution >= 4 is 17.3 Å². The molecule has 0 saturated carbocycles. The molecular formula is C13H12FN3O2. The summed E-state index contributed by atoms with van der Waals surface area (Å²) in [5.41, 5.74) is 5.66. The van der Waals surface area contributed by atoms with Gasteiger partial charge < -0.3 is 15.6 Å². The summed E-state index contributed by atoms with van der Waals surface area (Å²) in [6.45, 7) is 0. The van der Waals surface area contributed by atoms with Gasteiger partial charge in [-0.15, -0.1) is 0 Å². The molecule has 98 valence electrons. The topological polar surface area (TPSA) is 77.1 Å². The Hall–Kier alpha value is -2.63. The average Bonchev–Trinajstić information content (AvgIpc) is 2.37. The van der Waals surface area contributed by atoms with Crippen molar-refractivity contribution in [1.82, 2.24) is 4.57 Å². The lowest BCUT2D eigenvalue weighted by atomic mass is 10.2. The molecule has 5 nitrogen and oxygen atoms in total. The van der Waals surface area contributed by atoms with Gasteiger partial charge in [-0.25, -0.2) is 4.39 Å². The predicted molar refractivity (Wildman–Crippen MR) is 70.4 cm³/mol. The Morgan fingerprint density at radius 2 is 2.05 bits per heavy atom. The lowest BCUT2D eigenvalue weighted by molar-refractivity contribution is 0.102. The number of nitrogen functional groups attached to an aromatic ring is 1. The maximum atomic E-state index is 13.5. The molecule has 0 fully saturated rings. The fraction of sp³-hybridized carbons (Fsp3) is 0.0769. The van der Waals surface area contributed by atoms with Crippen molar-refractivity contribution in [2.75, 3.05) is 11.1 Å². The van der Waals surface area contributed by atoms with Crippen LogP contribution in [0.1, 0.15) is 10.4 Å². The smallest absolute Gasteiger partial charge is 0.255 e. The lowest BCUT2D eigenvalue weighted by Gasteiger charge is -2.07. The number of halogens is 1. The van der Waals surface area contributed by atoms with Crippen molar-refractivity contribution in [2.24, 2.45) is 7.05 Å². The van der Waals surface area contributed by atoms with E-state index in [9.17, 15) is 14.0 Å². The molecule has 0 aliphatic rings. The number of nitrogens with one attached hydrogen (secondary N) is 1. The van der Waals surface area contributed by atoms with E-state index in [0.29, 0.717) is 5.69 Å². The molecule has 1 heterocycles. The number of rotatable bonds is 2. The molecule has 2 rings (SSSR count). The maximum absolute atomic E-state index is 13.5. The highest BCUT2D eigenvalue weighted by molar-refractivity contribution is 6.04. The Kier molecular flexibility index (Phi) is 3.33. The van der Waals surface area contributed by atoms with E-state index in [2.05, 4.69) is 5.32 Å². The SMILES string of the molecule is Cn1ccc(C(=O)Nc2cc(N)ccc2F)cc1=O. The van der Waals surface area contributed by atoms with Crippen molar-refractivity contribution < 1.29 is 9.18 Å². The molecule has 2 aromatic rings. The molecule has 0 unspecified atom stereocenters. The van der Waals surface area contributed by atoms with Crippen LogP contribution in [0.2, 0.25) is 0 Å². The molecule has 0 aliphatic heterocycles. The normalized spacial score (nSPS) is 10.2. The molecule has 0 atom stereocenters. The van der Waals surface area contributed by atoms with Crippen LogP contribution in [-0.4, -0.2) is 10.5 Å². The molecule has 0 radical (unpaired) electrons. The second kappa shape index (κ2) is 4.93. The fourth-order valence-electron chi connectivity index (χ4n) is 1.52. The molecule has 0 aliphatic carbocycles. The third-order valence-electron chi connectivity index (χ3n) is 2.61. The van der Waals surface area contributed by atoms with Gasteiger partial charge in [0.15, 0.2) is 0 Å². The van der Waals surface area contributed by atoms with Gasteiger partial charge in [0, 0.05) is 30.6 Å². The summed E-state index contributed by atoms with van der Waals surface area (Å²) in [6.07, 6.45) is 1.47. The quantitative estimate of drug-likeness (QED) is 0.801. The number of nitrogens with zero attached hydrogens (tertiary/aromatic N) is 1. The second-order valence-electron chi connectivity index (χ2n) is 4.06. The first kappa shape index (κ1) is 12.8. The Balaban J connectivity index is 2.28. The van der Waals surface area contributed by atoms with Crippen molar-refractivity contribution in [3.63, 3.8) is 0 Å². The van der Waals surface area contributed by atoms with Crippen LogP contribution in [0, 0.1) is 5.82 Å². The van der Waals surface area contributed by atoms with E-state index in [4.69, 9.17) is 5.73 Å². The Morgan fingerprint density at radius 1 is 1.32 bits per heavy atom. The largest absolute Gasteiger partial charge is 0.399 e. The highest BCUT2D eigenvalue weighted by Crippen LogP contribution is 2.18. The van der Waals surface area contributed by atoms with Gasteiger partial charge in [-0.05, 0) is 24.3 Å². The van der Waals surface area contributed by atoms with Gasteiger partial charge in [-0.2, -0.15) is 0 Å². The van der Waals surface area contributed by atoms with E-state index in [1.807, 2.05) is 0 Å². The molecule has 3 N–H and O–H groups in total. The van der Waals surface area contributed by atoms with Crippen LogP contribution in [0.25, 0.3) is 0 Å². The number of carbonyl (C=O) groups excluding carboxylic acids is 1. The van der Waals surface area contributed by atoms with Crippen LogP contribution >= 0.6 is 0 Å². The molecule has 0 bridgehead atoms. The summed E-state index contributed by atoms with van der Waals surface area (Å²) in [5.74, 6) is -1.16. The standard InChI is InChI=1S/C13H12FN3O2/c1-17-5-4-8(6-12(17)18)13(19)16-11-7-9(15)2-3-10(11)14/h2-7H,15H2,1H3,(H,16,19). The van der Waals surface area contributed by atoms with Gasteiger partial charge in [-0.3, -0.25) is 9.59 Å². The van der Waals surface area contributed by atoms with E-state index >= 15 is 0 Å². The van der Waals surface area contributed by atoms with Crippen molar-refractivity contribution in [3.05, 3.63) is 58.3 Å². The predicted octanol–water partition coefficient (Wildman–Crippen LogP) is 1.36. The number of aryl methyl sites for hydroxylation is 1. The van der Waals surface area contributed by atoms with Crippen LogP contribution in [0.5, 0.6) is 0 Å². The summed E-state index contributed by atoms with van der Waals surface area (Å²) in [4.78, 5) is 23.3. The monoisotopic (exact) mass is 261 g/mol. The number of nitrogens with two attached hydrogens (primary N) is 1. The van der Waals surface area contributed by atoms with Crippen molar-refractivity contribution in [2.45, 2.75) is 0 Å². The third-order valence-corrected chi connectivity index (χ3v) is 2.61. The zero-order valence-corrected chi connectivity index (χ0v) is 10.2. The molecule has 0 saturated heterocycles. The van der Waals surface area contributed by atoms with E-state index < -0.39 is 11.7 Å². The number of amides is 1. The molecule has 1 aromatic heterocycles. The van der Waals surface area contributed by atoms with Crippen LogP contribution in [0.3, 0.4) is 0 Å². The number of anilines is 2. The zero-order valence-electron chi connectivity index (χ0n) is 10.2. The van der Waals surface area contributed by atoms with Gasteiger partial charge in [0.1, 0.15) is 5.82 Å². The minimum atomic E-state index is -0.591. The first-order chi connectivity index (χ1) is 8.97. The highest BCUT2D eigenvalue weighted by Gasteiger charge is 2.10. The number of benzene rings is 1. The number of pyridine rings is 1. The van der Waals surface area contributed by atoms with E-state index in [0.717, 1.165) is 6.07 Å². The molecule has 1 amide bonds. The Labute approximate surface area is 108 Å². The number of hydrogen-bond acceptors (Lipinski definition) is 3. The maximum Gasteiger partial charge on any atom is 0.255 e. The molecule has 0 spiro atoms. The van der Waals surface area contributed by atoms with E-state index in [1.165, 1.54) is 35.0 Å². The minimum absolute atomic E-state index is 0.0225. The summed E-state index contributed by atoms with van der Waals surface area (Å²) >= 11 is 0. The van der Waals surface area contributed by atoms with Crippen LogP contribution in [0.15, 0.2) is 41.3 Å². The number of carbonyl (C=O) groups is 1. The van der Waals surface area contributed by atoms with Crippen molar-refractivity contribution in [3.8, 4) is 0 Å². The van der Waals surface area contributed by atoms with Crippen LogP contribution in [-0.2, 0) is 7.05 Å². The Bertz CT molecular complexity index is 695. The zero-order chi connectivity index (χ0) is 14.0. The molecule has 19 heavy (non-hydrogen) atoms. The first-order valence-electron chi connectivity index (χ1n) is 5.50. The molecule has 1 aromatic carbocycles. The second-order valence-corrected chi connectivity index (χ2v) is 4.06. The highest BCUT2D eigenvalue weighted by atomic mass is 19.1. The van der Waals surface area contributed by atoms with Gasteiger partial charge in [0.05, 0.1) is 5.69 Å². The number of hydrogen-bond donors (Lipinski definition) is 2. The van der Waals surface area contributed by atoms with Crippen molar-refractivity contribution in [1.29, 1.82) is 0 Å². The van der Waals surface area contributed by atoms with Gasteiger partial charge in [0.25, 0.3) is 11.5 Å². The minimum Gasteiger partial charge on any atom is -0.399 e. The fourth-order valence-corrected chi connectivity index (χ4v) is 1.52.